The maximum atomic E-state index is 12.1. The van der Waals surface area contributed by atoms with Gasteiger partial charge in [0.25, 0.3) is 0 Å². The minimum Gasteiger partial charge on any atom is -0.331 e. The number of hydrogen-bond acceptors (Lipinski definition) is 2. The molecule has 1 heterocycles. The summed E-state index contributed by atoms with van der Waals surface area (Å²) >= 11 is 0. The molecule has 118 valence electrons. The van der Waals surface area contributed by atoms with Crippen LogP contribution in [0.3, 0.4) is 0 Å². The molecule has 1 aromatic heterocycles. The van der Waals surface area contributed by atoms with E-state index in [0.29, 0.717) is 5.92 Å². The third kappa shape index (κ3) is 4.10. The first-order valence-electron chi connectivity index (χ1n) is 7.57. The topological polar surface area (TPSA) is 50.2 Å². The molecule has 0 aliphatic heterocycles. The molecule has 5 heteroatoms. The van der Waals surface area contributed by atoms with E-state index < -0.39 is 0 Å². The van der Waals surface area contributed by atoms with Crippen LogP contribution in [-0.4, -0.2) is 34.1 Å². The molecule has 1 atom stereocenters. The minimum absolute atomic E-state index is 0.0288. The summed E-state index contributed by atoms with van der Waals surface area (Å²) < 4.78 is 1.95. The Hall–Kier alpha value is -2.30. The number of urea groups is 1. The summed E-state index contributed by atoms with van der Waals surface area (Å²) in [5.41, 5.74) is 2.13. The van der Waals surface area contributed by atoms with Gasteiger partial charge in [-0.15, -0.1) is 0 Å². The minimum atomic E-state index is -0.0418. The number of benzene rings is 1. The van der Waals surface area contributed by atoms with Gasteiger partial charge >= 0.3 is 6.03 Å². The zero-order valence-corrected chi connectivity index (χ0v) is 13.7. The van der Waals surface area contributed by atoms with Gasteiger partial charge in [-0.25, -0.2) is 9.78 Å². The predicted molar refractivity (Wildman–Crippen MR) is 88.0 cm³/mol. The number of imidazole rings is 1. The lowest BCUT2D eigenvalue weighted by molar-refractivity contribution is 0.200. The molecular weight excluding hydrogens is 276 g/mol. The third-order valence-corrected chi connectivity index (χ3v) is 3.52. The molecule has 2 aromatic rings. The van der Waals surface area contributed by atoms with Crippen molar-refractivity contribution < 1.29 is 4.79 Å². The second-order valence-electron chi connectivity index (χ2n) is 6.01. The number of carbonyl (C=O) groups is 1. The van der Waals surface area contributed by atoms with Crippen LogP contribution in [0.2, 0.25) is 0 Å². The quantitative estimate of drug-likeness (QED) is 0.921. The summed E-state index contributed by atoms with van der Waals surface area (Å²) in [6.07, 6.45) is 5.42. The van der Waals surface area contributed by atoms with Crippen molar-refractivity contribution in [1.29, 1.82) is 0 Å². The first-order chi connectivity index (χ1) is 10.5. The van der Waals surface area contributed by atoms with Gasteiger partial charge in [-0.05, 0) is 30.5 Å². The monoisotopic (exact) mass is 300 g/mol. The van der Waals surface area contributed by atoms with E-state index in [0.717, 1.165) is 17.8 Å². The van der Waals surface area contributed by atoms with Crippen LogP contribution in [0.5, 0.6) is 0 Å². The Morgan fingerprint density at radius 1 is 1.27 bits per heavy atom. The molecule has 0 aliphatic rings. The Kier molecular flexibility index (Phi) is 5.20. The van der Waals surface area contributed by atoms with Crippen molar-refractivity contribution in [1.82, 2.24) is 19.8 Å². The molecule has 0 radical (unpaired) electrons. The first-order valence-corrected chi connectivity index (χ1v) is 7.57. The second kappa shape index (κ2) is 7.11. The number of aromatic nitrogens is 2. The van der Waals surface area contributed by atoms with Gasteiger partial charge < -0.3 is 14.8 Å². The molecular formula is C17H24N4O. The summed E-state index contributed by atoms with van der Waals surface area (Å²) in [5, 5.41) is 3.02. The smallest absolute Gasteiger partial charge is 0.317 e. The highest BCUT2D eigenvalue weighted by atomic mass is 16.2. The number of amides is 2. The van der Waals surface area contributed by atoms with Crippen molar-refractivity contribution in [2.24, 2.45) is 5.92 Å². The van der Waals surface area contributed by atoms with Crippen LogP contribution >= 0.6 is 0 Å². The van der Waals surface area contributed by atoms with Gasteiger partial charge in [-0.3, -0.25) is 0 Å². The number of nitrogens with zero attached hydrogens (tertiary/aromatic N) is 3. The SMILES string of the molecule is CC(C)CN(C)C(=O)N[C@@H](C)c1ccc(-n2ccnc2)cc1. The lowest BCUT2D eigenvalue weighted by Crippen LogP contribution is -2.40. The lowest BCUT2D eigenvalue weighted by atomic mass is 10.1. The van der Waals surface area contributed by atoms with Crippen LogP contribution in [0.1, 0.15) is 32.4 Å². The Morgan fingerprint density at radius 2 is 1.95 bits per heavy atom. The van der Waals surface area contributed by atoms with E-state index in [4.69, 9.17) is 0 Å². The van der Waals surface area contributed by atoms with Gasteiger partial charge in [-0.1, -0.05) is 26.0 Å². The van der Waals surface area contributed by atoms with Crippen molar-refractivity contribution >= 4 is 6.03 Å². The summed E-state index contributed by atoms with van der Waals surface area (Å²) in [7, 11) is 1.82. The van der Waals surface area contributed by atoms with E-state index in [2.05, 4.69) is 24.1 Å². The molecule has 2 rings (SSSR count). The summed E-state index contributed by atoms with van der Waals surface area (Å²) in [6, 6.07) is 8.04. The van der Waals surface area contributed by atoms with E-state index in [1.807, 2.05) is 49.0 Å². The van der Waals surface area contributed by atoms with Gasteiger partial charge in [0, 0.05) is 31.7 Å². The zero-order chi connectivity index (χ0) is 16.1. The summed E-state index contributed by atoms with van der Waals surface area (Å²) in [4.78, 5) is 17.9. The van der Waals surface area contributed by atoms with E-state index >= 15 is 0 Å². The third-order valence-electron chi connectivity index (χ3n) is 3.52. The summed E-state index contributed by atoms with van der Waals surface area (Å²) in [5.74, 6) is 0.459. The average molecular weight is 300 g/mol. The molecule has 22 heavy (non-hydrogen) atoms. The van der Waals surface area contributed by atoms with Gasteiger partial charge in [0.05, 0.1) is 12.4 Å². The van der Waals surface area contributed by atoms with Crippen LogP contribution in [0.4, 0.5) is 4.79 Å². The predicted octanol–water partition coefficient (Wildman–Crippen LogP) is 3.23. The maximum absolute atomic E-state index is 12.1. The van der Waals surface area contributed by atoms with Crippen molar-refractivity contribution in [2.45, 2.75) is 26.8 Å². The molecule has 1 aromatic carbocycles. The van der Waals surface area contributed by atoms with Crippen LogP contribution in [-0.2, 0) is 0 Å². The highest BCUT2D eigenvalue weighted by molar-refractivity contribution is 5.74. The second-order valence-corrected chi connectivity index (χ2v) is 6.01. The maximum Gasteiger partial charge on any atom is 0.317 e. The van der Waals surface area contributed by atoms with Crippen molar-refractivity contribution in [3.8, 4) is 5.69 Å². The van der Waals surface area contributed by atoms with E-state index in [-0.39, 0.29) is 12.1 Å². The summed E-state index contributed by atoms with van der Waals surface area (Å²) in [6.45, 7) is 6.94. The fourth-order valence-corrected chi connectivity index (χ4v) is 2.36. The molecule has 0 fully saturated rings. The van der Waals surface area contributed by atoms with Gasteiger partial charge in [-0.2, -0.15) is 0 Å². The molecule has 0 saturated carbocycles. The van der Waals surface area contributed by atoms with Crippen molar-refractivity contribution in [3.05, 3.63) is 48.5 Å². The molecule has 5 nitrogen and oxygen atoms in total. The van der Waals surface area contributed by atoms with E-state index in [1.165, 1.54) is 0 Å². The molecule has 2 amide bonds. The highest BCUT2D eigenvalue weighted by Gasteiger charge is 2.14. The number of hydrogen-bond donors (Lipinski definition) is 1. The van der Waals surface area contributed by atoms with E-state index in [1.54, 1.807) is 17.4 Å². The molecule has 1 N–H and O–H groups in total. The molecule has 0 spiro atoms. The van der Waals surface area contributed by atoms with Gasteiger partial charge in [0.15, 0.2) is 0 Å². The highest BCUT2D eigenvalue weighted by Crippen LogP contribution is 2.16. The largest absolute Gasteiger partial charge is 0.331 e. The van der Waals surface area contributed by atoms with Crippen LogP contribution in [0.15, 0.2) is 43.0 Å². The van der Waals surface area contributed by atoms with Crippen molar-refractivity contribution in [3.63, 3.8) is 0 Å². The Balaban J connectivity index is 1.98. The Bertz CT molecular complexity index is 590. The Morgan fingerprint density at radius 3 is 2.50 bits per heavy atom. The average Bonchev–Trinajstić information content (AvgIpc) is 3.00. The van der Waals surface area contributed by atoms with E-state index in [9.17, 15) is 4.79 Å². The standard InChI is InChI=1S/C17H24N4O/c1-13(2)11-20(4)17(22)19-14(3)15-5-7-16(8-6-15)21-10-9-18-12-21/h5-10,12-14H,11H2,1-4H3,(H,19,22)/t14-/m0/s1. The van der Waals surface area contributed by atoms with Gasteiger partial charge in [0.1, 0.15) is 0 Å². The van der Waals surface area contributed by atoms with Gasteiger partial charge in [0.2, 0.25) is 0 Å². The molecule has 0 unspecified atom stereocenters. The number of rotatable bonds is 5. The van der Waals surface area contributed by atoms with Crippen LogP contribution < -0.4 is 5.32 Å². The molecule has 0 aliphatic carbocycles. The zero-order valence-electron chi connectivity index (χ0n) is 13.7. The number of nitrogens with one attached hydrogen (secondary N) is 1. The van der Waals surface area contributed by atoms with Crippen molar-refractivity contribution in [2.75, 3.05) is 13.6 Å². The molecule has 0 saturated heterocycles. The van der Waals surface area contributed by atoms with Crippen LogP contribution in [0, 0.1) is 5.92 Å². The number of carbonyl (C=O) groups excluding carboxylic acids is 1. The Labute approximate surface area is 132 Å². The van der Waals surface area contributed by atoms with Crippen LogP contribution in [0.25, 0.3) is 5.69 Å². The fourth-order valence-electron chi connectivity index (χ4n) is 2.36. The fraction of sp³-hybridized carbons (Fsp3) is 0.412. The molecule has 0 bridgehead atoms. The first kappa shape index (κ1) is 16.1. The normalized spacial score (nSPS) is 12.2. The lowest BCUT2D eigenvalue weighted by Gasteiger charge is -2.23.